The smallest absolute Gasteiger partial charge is 0.214 e. The Hall–Kier alpha value is -1.29. The van der Waals surface area contributed by atoms with E-state index in [4.69, 9.17) is 9.47 Å². The van der Waals surface area contributed by atoms with E-state index in [0.29, 0.717) is 5.88 Å². The summed E-state index contributed by atoms with van der Waals surface area (Å²) in [6, 6.07) is 3.85. The molecule has 4 nitrogen and oxygen atoms in total. The third kappa shape index (κ3) is 3.75. The fraction of sp³-hybridized carbons (Fsp3) is 0.545. The first kappa shape index (κ1) is 11.8. The topological polar surface area (TPSA) is 43.4 Å². The molecular weight excluding hydrogens is 192 g/mol. The maximum atomic E-state index is 5.06. The van der Waals surface area contributed by atoms with E-state index in [2.05, 4.69) is 10.3 Å². The quantitative estimate of drug-likeness (QED) is 0.728. The van der Waals surface area contributed by atoms with Gasteiger partial charge in [0.2, 0.25) is 5.88 Å². The molecular formula is C11H18N2O2. The van der Waals surface area contributed by atoms with Gasteiger partial charge in [-0.2, -0.15) is 4.98 Å². The Kier molecular flexibility index (Phi) is 4.90. The average Bonchev–Trinajstić information content (AvgIpc) is 2.26. The van der Waals surface area contributed by atoms with Crippen LogP contribution in [0.2, 0.25) is 0 Å². The van der Waals surface area contributed by atoms with Gasteiger partial charge in [0, 0.05) is 26.3 Å². The van der Waals surface area contributed by atoms with Gasteiger partial charge in [-0.3, -0.25) is 0 Å². The molecule has 1 heterocycles. The molecule has 1 aromatic heterocycles. The number of hydrogen-bond donors (Lipinski definition) is 1. The van der Waals surface area contributed by atoms with E-state index in [1.807, 2.05) is 19.1 Å². The molecule has 84 valence electrons. The largest absolute Gasteiger partial charge is 0.481 e. The Morgan fingerprint density at radius 3 is 2.80 bits per heavy atom. The maximum absolute atomic E-state index is 5.06. The van der Waals surface area contributed by atoms with Crippen LogP contribution < -0.4 is 10.1 Å². The highest BCUT2D eigenvalue weighted by Gasteiger charge is 2.01. The number of rotatable bonds is 6. The molecule has 0 spiro atoms. The van der Waals surface area contributed by atoms with E-state index < -0.39 is 0 Å². The van der Waals surface area contributed by atoms with Crippen molar-refractivity contribution in [2.75, 3.05) is 32.7 Å². The van der Waals surface area contributed by atoms with E-state index in [9.17, 15) is 0 Å². The summed E-state index contributed by atoms with van der Waals surface area (Å²) in [4.78, 5) is 4.31. The Morgan fingerprint density at radius 1 is 1.33 bits per heavy atom. The molecule has 0 aromatic carbocycles. The van der Waals surface area contributed by atoms with Crippen LogP contribution in [0, 0.1) is 6.92 Å². The summed E-state index contributed by atoms with van der Waals surface area (Å²) in [5, 5.41) is 3.25. The van der Waals surface area contributed by atoms with Crippen LogP contribution in [0.3, 0.4) is 0 Å². The molecule has 0 aliphatic rings. The van der Waals surface area contributed by atoms with E-state index >= 15 is 0 Å². The molecule has 0 saturated heterocycles. The van der Waals surface area contributed by atoms with Crippen molar-refractivity contribution in [1.29, 1.82) is 0 Å². The molecule has 1 aromatic rings. The molecule has 0 unspecified atom stereocenters. The summed E-state index contributed by atoms with van der Waals surface area (Å²) in [6.45, 7) is 3.63. The fourth-order valence-corrected chi connectivity index (χ4v) is 1.23. The van der Waals surface area contributed by atoms with E-state index in [1.54, 1.807) is 14.2 Å². The lowest BCUT2D eigenvalue weighted by atomic mass is 10.3. The first-order valence-corrected chi connectivity index (χ1v) is 5.02. The van der Waals surface area contributed by atoms with Crippen molar-refractivity contribution in [3.63, 3.8) is 0 Å². The minimum atomic E-state index is 0.634. The number of pyridine rings is 1. The second kappa shape index (κ2) is 6.24. The van der Waals surface area contributed by atoms with Crippen molar-refractivity contribution in [3.8, 4) is 5.88 Å². The highest BCUT2D eigenvalue weighted by Crippen LogP contribution is 2.16. The Morgan fingerprint density at radius 2 is 2.13 bits per heavy atom. The Balaban J connectivity index is 2.51. The number of methoxy groups -OCH3 is 2. The molecule has 4 heteroatoms. The van der Waals surface area contributed by atoms with Crippen LogP contribution in [0.25, 0.3) is 0 Å². The molecule has 0 aliphatic carbocycles. The molecule has 0 atom stereocenters. The van der Waals surface area contributed by atoms with Crippen molar-refractivity contribution in [2.45, 2.75) is 13.3 Å². The predicted octanol–water partition coefficient (Wildman–Crippen LogP) is 1.85. The molecule has 1 rings (SSSR count). The van der Waals surface area contributed by atoms with Crippen LogP contribution in [0.4, 0.5) is 5.82 Å². The lowest BCUT2D eigenvalue weighted by molar-refractivity contribution is 0.197. The van der Waals surface area contributed by atoms with Crippen LogP contribution in [-0.4, -0.2) is 32.4 Å². The van der Waals surface area contributed by atoms with Gasteiger partial charge in [-0.25, -0.2) is 0 Å². The van der Waals surface area contributed by atoms with E-state index in [-0.39, 0.29) is 0 Å². The van der Waals surface area contributed by atoms with Crippen LogP contribution in [-0.2, 0) is 4.74 Å². The lowest BCUT2D eigenvalue weighted by Gasteiger charge is -2.09. The molecule has 0 aliphatic heterocycles. The van der Waals surface area contributed by atoms with Gasteiger partial charge >= 0.3 is 0 Å². The first-order valence-electron chi connectivity index (χ1n) is 5.02. The van der Waals surface area contributed by atoms with Gasteiger partial charge in [0.15, 0.2) is 0 Å². The number of aromatic nitrogens is 1. The van der Waals surface area contributed by atoms with Crippen molar-refractivity contribution in [3.05, 3.63) is 17.7 Å². The highest BCUT2D eigenvalue weighted by atomic mass is 16.5. The number of anilines is 1. The number of aryl methyl sites for hydroxylation is 1. The van der Waals surface area contributed by atoms with Crippen molar-refractivity contribution in [1.82, 2.24) is 4.98 Å². The molecule has 0 bridgehead atoms. The maximum Gasteiger partial charge on any atom is 0.214 e. The summed E-state index contributed by atoms with van der Waals surface area (Å²) in [7, 11) is 3.32. The monoisotopic (exact) mass is 210 g/mol. The summed E-state index contributed by atoms with van der Waals surface area (Å²) < 4.78 is 10.0. The molecule has 0 amide bonds. The first-order chi connectivity index (χ1) is 7.27. The van der Waals surface area contributed by atoms with Gasteiger partial charge in [-0.1, -0.05) is 6.07 Å². The normalized spacial score (nSPS) is 10.1. The van der Waals surface area contributed by atoms with Gasteiger partial charge in [0.05, 0.1) is 7.11 Å². The highest BCUT2D eigenvalue weighted by molar-refractivity contribution is 5.45. The van der Waals surface area contributed by atoms with Crippen LogP contribution in [0.15, 0.2) is 12.1 Å². The zero-order chi connectivity index (χ0) is 11.1. The summed E-state index contributed by atoms with van der Waals surface area (Å²) >= 11 is 0. The number of ether oxygens (including phenoxy) is 2. The SMILES string of the molecule is COCCCNc1nc(OC)ccc1C. The van der Waals surface area contributed by atoms with E-state index in [1.165, 1.54) is 0 Å². The van der Waals surface area contributed by atoms with Gasteiger partial charge in [0.25, 0.3) is 0 Å². The standard InChI is InChI=1S/C11H18N2O2/c1-9-5-6-10(15-3)13-11(9)12-7-4-8-14-2/h5-6H,4,7-8H2,1-3H3,(H,12,13). The number of nitrogens with zero attached hydrogens (tertiary/aromatic N) is 1. The van der Waals surface area contributed by atoms with Gasteiger partial charge < -0.3 is 14.8 Å². The van der Waals surface area contributed by atoms with Crippen LogP contribution in [0.1, 0.15) is 12.0 Å². The Bertz CT molecular complexity index is 303. The van der Waals surface area contributed by atoms with Crippen LogP contribution in [0.5, 0.6) is 5.88 Å². The average molecular weight is 210 g/mol. The minimum Gasteiger partial charge on any atom is -0.481 e. The molecule has 15 heavy (non-hydrogen) atoms. The molecule has 0 fully saturated rings. The zero-order valence-electron chi connectivity index (χ0n) is 9.54. The Labute approximate surface area is 90.6 Å². The molecule has 0 saturated carbocycles. The van der Waals surface area contributed by atoms with Gasteiger partial charge in [-0.05, 0) is 18.9 Å². The molecule has 0 radical (unpaired) electrons. The third-order valence-electron chi connectivity index (χ3n) is 2.10. The summed E-state index contributed by atoms with van der Waals surface area (Å²) in [5.41, 5.74) is 1.12. The number of nitrogens with one attached hydrogen (secondary N) is 1. The summed E-state index contributed by atoms with van der Waals surface area (Å²) in [6.07, 6.45) is 0.967. The van der Waals surface area contributed by atoms with Crippen molar-refractivity contribution in [2.24, 2.45) is 0 Å². The molecule has 1 N–H and O–H groups in total. The second-order valence-electron chi connectivity index (χ2n) is 3.29. The number of hydrogen-bond acceptors (Lipinski definition) is 4. The predicted molar refractivity (Wildman–Crippen MR) is 60.5 cm³/mol. The van der Waals surface area contributed by atoms with Crippen LogP contribution >= 0.6 is 0 Å². The van der Waals surface area contributed by atoms with Crippen molar-refractivity contribution >= 4 is 5.82 Å². The zero-order valence-corrected chi connectivity index (χ0v) is 9.54. The summed E-state index contributed by atoms with van der Waals surface area (Å²) in [5.74, 6) is 1.51. The second-order valence-corrected chi connectivity index (χ2v) is 3.29. The fourth-order valence-electron chi connectivity index (χ4n) is 1.23. The van der Waals surface area contributed by atoms with Gasteiger partial charge in [-0.15, -0.1) is 0 Å². The minimum absolute atomic E-state index is 0.634. The third-order valence-corrected chi connectivity index (χ3v) is 2.10. The van der Waals surface area contributed by atoms with E-state index in [0.717, 1.165) is 31.0 Å². The van der Waals surface area contributed by atoms with Gasteiger partial charge in [0.1, 0.15) is 5.82 Å². The van der Waals surface area contributed by atoms with Crippen molar-refractivity contribution < 1.29 is 9.47 Å². The lowest BCUT2D eigenvalue weighted by Crippen LogP contribution is -2.07.